The Kier molecular flexibility index (Phi) is 4.64. The topological polar surface area (TPSA) is 72.4 Å². The van der Waals surface area contributed by atoms with E-state index in [1.165, 1.54) is 0 Å². The summed E-state index contributed by atoms with van der Waals surface area (Å²) < 4.78 is 11.5. The van der Waals surface area contributed by atoms with Crippen molar-refractivity contribution in [2.45, 2.75) is 18.6 Å². The van der Waals surface area contributed by atoms with Crippen LogP contribution in [0.15, 0.2) is 24.4 Å². The van der Waals surface area contributed by atoms with E-state index in [1.54, 1.807) is 24.4 Å². The van der Waals surface area contributed by atoms with Crippen molar-refractivity contribution in [3.63, 3.8) is 0 Å². The summed E-state index contributed by atoms with van der Waals surface area (Å²) in [6.07, 6.45) is 3.14. The van der Waals surface area contributed by atoms with Gasteiger partial charge < -0.3 is 19.7 Å². The molecule has 4 rings (SSSR count). The molecule has 2 saturated heterocycles. The third-order valence-electron chi connectivity index (χ3n) is 4.30. The Morgan fingerprint density at radius 2 is 1.72 bits per heavy atom. The Balaban J connectivity index is 1.46. The van der Waals surface area contributed by atoms with Crippen LogP contribution in [-0.2, 0) is 9.47 Å². The van der Waals surface area contributed by atoms with Gasteiger partial charge in [-0.05, 0) is 18.2 Å². The van der Waals surface area contributed by atoms with Crippen molar-refractivity contribution in [2.24, 2.45) is 0 Å². The van der Waals surface area contributed by atoms with Crippen LogP contribution in [0.2, 0.25) is 10.0 Å². The molecule has 0 aliphatic carbocycles. The van der Waals surface area contributed by atoms with Gasteiger partial charge >= 0.3 is 0 Å². The summed E-state index contributed by atoms with van der Waals surface area (Å²) >= 11 is 12.0. The summed E-state index contributed by atoms with van der Waals surface area (Å²) in [7, 11) is 0. The summed E-state index contributed by atoms with van der Waals surface area (Å²) in [6.45, 7) is 2.85. The quantitative estimate of drug-likeness (QED) is 0.874. The second-order valence-corrected chi connectivity index (χ2v) is 6.89. The van der Waals surface area contributed by atoms with Gasteiger partial charge in [0.2, 0.25) is 5.95 Å². The van der Waals surface area contributed by atoms with Gasteiger partial charge in [0.05, 0.1) is 19.4 Å². The molecule has 2 aliphatic heterocycles. The van der Waals surface area contributed by atoms with Crippen molar-refractivity contribution >= 4 is 40.7 Å². The van der Waals surface area contributed by atoms with Crippen molar-refractivity contribution in [3.05, 3.63) is 34.4 Å². The van der Waals surface area contributed by atoms with Crippen molar-refractivity contribution in [2.75, 3.05) is 36.5 Å². The molecule has 0 amide bonds. The SMILES string of the molecule is Clc1cc(Cl)cc(Nc2cnnc(N3CCC4(CC3)OCCO4)n2)c1. The van der Waals surface area contributed by atoms with Gasteiger partial charge in [-0.1, -0.05) is 23.2 Å². The maximum atomic E-state index is 6.02. The van der Waals surface area contributed by atoms with Gasteiger partial charge in [0, 0.05) is 41.7 Å². The lowest BCUT2D eigenvalue weighted by Crippen LogP contribution is -2.45. The maximum absolute atomic E-state index is 6.02. The van der Waals surface area contributed by atoms with E-state index >= 15 is 0 Å². The van der Waals surface area contributed by atoms with Gasteiger partial charge in [0.1, 0.15) is 0 Å². The van der Waals surface area contributed by atoms with E-state index in [-0.39, 0.29) is 0 Å². The number of halogens is 2. The predicted octanol–water partition coefficient (Wildman–Crippen LogP) is 3.27. The summed E-state index contributed by atoms with van der Waals surface area (Å²) in [5.41, 5.74) is 0.745. The summed E-state index contributed by atoms with van der Waals surface area (Å²) in [5.74, 6) is 0.736. The van der Waals surface area contributed by atoms with E-state index in [2.05, 4.69) is 25.4 Å². The molecule has 2 aromatic rings. The molecule has 9 heteroatoms. The zero-order valence-corrected chi connectivity index (χ0v) is 14.9. The molecule has 0 bridgehead atoms. The lowest BCUT2D eigenvalue weighted by atomic mass is 10.0. The average Bonchev–Trinajstić information content (AvgIpc) is 3.03. The number of rotatable bonds is 3. The van der Waals surface area contributed by atoms with E-state index in [0.717, 1.165) is 31.6 Å². The van der Waals surface area contributed by atoms with Gasteiger partial charge in [0.25, 0.3) is 0 Å². The molecule has 7 nitrogen and oxygen atoms in total. The van der Waals surface area contributed by atoms with Crippen molar-refractivity contribution in [1.29, 1.82) is 0 Å². The van der Waals surface area contributed by atoms with Gasteiger partial charge in [-0.2, -0.15) is 10.1 Å². The third kappa shape index (κ3) is 3.79. The molecule has 132 valence electrons. The predicted molar refractivity (Wildman–Crippen MR) is 95.7 cm³/mol. The number of piperidine rings is 1. The van der Waals surface area contributed by atoms with E-state index < -0.39 is 5.79 Å². The van der Waals surface area contributed by atoms with Gasteiger partial charge in [-0.25, -0.2) is 0 Å². The number of hydrogen-bond donors (Lipinski definition) is 1. The lowest BCUT2D eigenvalue weighted by molar-refractivity contribution is -0.169. The number of ether oxygens (including phenoxy) is 2. The van der Waals surface area contributed by atoms with Crippen molar-refractivity contribution < 1.29 is 9.47 Å². The summed E-state index contributed by atoms with van der Waals surface area (Å²) in [5, 5.41) is 12.4. The zero-order chi connectivity index (χ0) is 17.3. The molecule has 2 fully saturated rings. The molecule has 0 radical (unpaired) electrons. The highest BCUT2D eigenvalue weighted by Crippen LogP contribution is 2.32. The highest BCUT2D eigenvalue weighted by Gasteiger charge is 2.40. The molecular weight excluding hydrogens is 365 g/mol. The Morgan fingerprint density at radius 3 is 2.40 bits per heavy atom. The number of nitrogens with zero attached hydrogens (tertiary/aromatic N) is 4. The normalized spacial score (nSPS) is 19.4. The van der Waals surface area contributed by atoms with Gasteiger partial charge in [0.15, 0.2) is 11.6 Å². The van der Waals surface area contributed by atoms with E-state index in [0.29, 0.717) is 35.0 Å². The number of benzene rings is 1. The van der Waals surface area contributed by atoms with Crippen LogP contribution in [0.5, 0.6) is 0 Å². The molecule has 1 spiro atoms. The van der Waals surface area contributed by atoms with E-state index in [9.17, 15) is 0 Å². The van der Waals surface area contributed by atoms with Crippen LogP contribution < -0.4 is 10.2 Å². The van der Waals surface area contributed by atoms with Crippen LogP contribution in [0.1, 0.15) is 12.8 Å². The van der Waals surface area contributed by atoms with E-state index in [4.69, 9.17) is 32.7 Å². The molecule has 1 aromatic carbocycles. The Hall–Kier alpha value is -1.67. The number of hydrogen-bond acceptors (Lipinski definition) is 7. The minimum absolute atomic E-state index is 0.419. The van der Waals surface area contributed by atoms with Crippen molar-refractivity contribution in [3.8, 4) is 0 Å². The molecular formula is C16H17Cl2N5O2. The zero-order valence-electron chi connectivity index (χ0n) is 13.4. The third-order valence-corrected chi connectivity index (χ3v) is 4.74. The van der Waals surface area contributed by atoms with Crippen LogP contribution >= 0.6 is 23.2 Å². The molecule has 0 atom stereocenters. The highest BCUT2D eigenvalue weighted by atomic mass is 35.5. The Labute approximate surface area is 155 Å². The van der Waals surface area contributed by atoms with Crippen LogP contribution in [-0.4, -0.2) is 47.3 Å². The molecule has 0 unspecified atom stereocenters. The fourth-order valence-electron chi connectivity index (χ4n) is 3.10. The fourth-order valence-corrected chi connectivity index (χ4v) is 3.62. The monoisotopic (exact) mass is 381 g/mol. The number of anilines is 3. The number of nitrogens with one attached hydrogen (secondary N) is 1. The average molecular weight is 382 g/mol. The first-order chi connectivity index (χ1) is 12.1. The minimum Gasteiger partial charge on any atom is -0.347 e. The number of aromatic nitrogens is 3. The van der Waals surface area contributed by atoms with Crippen LogP contribution in [0.3, 0.4) is 0 Å². The molecule has 1 aromatic heterocycles. The smallest absolute Gasteiger partial charge is 0.247 e. The maximum Gasteiger partial charge on any atom is 0.247 e. The highest BCUT2D eigenvalue weighted by molar-refractivity contribution is 6.35. The van der Waals surface area contributed by atoms with Gasteiger partial charge in [-0.15, -0.1) is 5.10 Å². The van der Waals surface area contributed by atoms with Crippen LogP contribution in [0.25, 0.3) is 0 Å². The van der Waals surface area contributed by atoms with E-state index in [1.807, 2.05) is 0 Å². The molecule has 3 heterocycles. The summed E-state index contributed by atoms with van der Waals surface area (Å²) in [4.78, 5) is 6.62. The largest absolute Gasteiger partial charge is 0.347 e. The Morgan fingerprint density at radius 1 is 1.04 bits per heavy atom. The van der Waals surface area contributed by atoms with Gasteiger partial charge in [-0.3, -0.25) is 0 Å². The standard InChI is InChI=1S/C16H17Cl2N5O2/c17-11-7-12(18)9-13(8-11)20-14-10-19-22-15(21-14)23-3-1-16(2-4-23)24-5-6-25-16/h7-10H,1-6H2,(H,20,21,22). The first-order valence-electron chi connectivity index (χ1n) is 8.08. The fraction of sp³-hybridized carbons (Fsp3) is 0.438. The molecule has 0 saturated carbocycles. The Bertz CT molecular complexity index is 740. The molecule has 1 N–H and O–H groups in total. The first kappa shape index (κ1) is 16.8. The first-order valence-corrected chi connectivity index (χ1v) is 8.83. The van der Waals surface area contributed by atoms with Crippen molar-refractivity contribution in [1.82, 2.24) is 15.2 Å². The molecule has 25 heavy (non-hydrogen) atoms. The molecule has 2 aliphatic rings. The second kappa shape index (κ2) is 6.92. The summed E-state index contributed by atoms with van der Waals surface area (Å²) in [6, 6.07) is 5.22. The second-order valence-electron chi connectivity index (χ2n) is 6.02. The van der Waals surface area contributed by atoms with Crippen LogP contribution in [0.4, 0.5) is 17.5 Å². The minimum atomic E-state index is -0.419. The lowest BCUT2D eigenvalue weighted by Gasteiger charge is -2.37. The van der Waals surface area contributed by atoms with Crippen LogP contribution in [0, 0.1) is 0 Å².